The van der Waals surface area contributed by atoms with Crippen LogP contribution in [0.5, 0.6) is 0 Å². The first kappa shape index (κ1) is 19.4. The number of carbonyl (C=O) groups excluding carboxylic acids is 2. The van der Waals surface area contributed by atoms with Crippen LogP contribution in [0.25, 0.3) is 10.2 Å². The van der Waals surface area contributed by atoms with Crippen LogP contribution in [0.15, 0.2) is 30.3 Å². The molecule has 29 heavy (non-hydrogen) atoms. The molecular weight excluding hydrogens is 384 g/mol. The number of pyridine rings is 1. The van der Waals surface area contributed by atoms with E-state index in [1.165, 1.54) is 11.3 Å². The average molecular weight is 409 g/mol. The minimum absolute atomic E-state index is 0.0209. The number of nitrogens with zero attached hydrogens (tertiary/aromatic N) is 3. The molecule has 150 valence electrons. The number of aromatic nitrogens is 1. The van der Waals surface area contributed by atoms with Gasteiger partial charge in [-0.2, -0.15) is 0 Å². The Hall–Kier alpha value is -2.93. The molecule has 1 saturated heterocycles. The van der Waals surface area contributed by atoms with Crippen LogP contribution in [0.2, 0.25) is 0 Å². The Balaban J connectivity index is 1.48. The minimum atomic E-state index is -0.0209. The van der Waals surface area contributed by atoms with Crippen molar-refractivity contribution in [3.63, 3.8) is 0 Å². The van der Waals surface area contributed by atoms with Gasteiger partial charge in [0.2, 0.25) is 0 Å². The Labute approximate surface area is 173 Å². The van der Waals surface area contributed by atoms with Crippen molar-refractivity contribution in [2.75, 3.05) is 36.8 Å². The summed E-state index contributed by atoms with van der Waals surface area (Å²) in [5, 5.41) is 0.866. The summed E-state index contributed by atoms with van der Waals surface area (Å²) in [5.74, 6) is 0.0418. The Morgan fingerprint density at radius 3 is 2.34 bits per heavy atom. The zero-order valence-electron chi connectivity index (χ0n) is 16.9. The number of benzene rings is 1. The zero-order valence-corrected chi connectivity index (χ0v) is 17.7. The fourth-order valence-corrected chi connectivity index (χ4v) is 4.70. The van der Waals surface area contributed by atoms with Crippen molar-refractivity contribution in [2.45, 2.75) is 20.8 Å². The summed E-state index contributed by atoms with van der Waals surface area (Å²) in [6.45, 7) is 8.28. The number of anilines is 2. The van der Waals surface area contributed by atoms with Gasteiger partial charge < -0.3 is 15.5 Å². The Bertz CT molecular complexity index is 1100. The molecular formula is C22H24N4O2S. The van der Waals surface area contributed by atoms with Crippen LogP contribution in [0.4, 0.5) is 11.4 Å². The second-order valence-corrected chi connectivity index (χ2v) is 8.47. The molecule has 3 aromatic rings. The number of hydrogen-bond acceptors (Lipinski definition) is 6. The summed E-state index contributed by atoms with van der Waals surface area (Å²) in [5.41, 5.74) is 10.7. The lowest BCUT2D eigenvalue weighted by Crippen LogP contribution is -2.48. The molecule has 0 bridgehead atoms. The minimum Gasteiger partial charge on any atom is -0.397 e. The molecule has 0 unspecified atom stereocenters. The summed E-state index contributed by atoms with van der Waals surface area (Å²) < 4.78 is 0. The quantitative estimate of drug-likeness (QED) is 0.669. The molecule has 4 rings (SSSR count). The van der Waals surface area contributed by atoms with Gasteiger partial charge in [-0.1, -0.05) is 0 Å². The molecule has 0 spiro atoms. The molecule has 1 fully saturated rings. The van der Waals surface area contributed by atoms with Crippen molar-refractivity contribution in [1.82, 2.24) is 9.88 Å². The van der Waals surface area contributed by atoms with Gasteiger partial charge in [0.05, 0.1) is 5.69 Å². The van der Waals surface area contributed by atoms with Crippen LogP contribution in [-0.4, -0.2) is 47.8 Å². The fraction of sp³-hybridized carbons (Fsp3) is 0.318. The number of carbonyl (C=O) groups is 2. The van der Waals surface area contributed by atoms with Gasteiger partial charge in [0.1, 0.15) is 9.71 Å². The number of thiophene rings is 1. The molecule has 0 atom stereocenters. The van der Waals surface area contributed by atoms with Crippen molar-refractivity contribution < 1.29 is 9.59 Å². The highest BCUT2D eigenvalue weighted by molar-refractivity contribution is 7.21. The fourth-order valence-electron chi connectivity index (χ4n) is 3.61. The van der Waals surface area contributed by atoms with E-state index in [4.69, 9.17) is 5.73 Å². The predicted octanol–water partition coefficient (Wildman–Crippen LogP) is 3.66. The third-order valence-corrected chi connectivity index (χ3v) is 6.67. The summed E-state index contributed by atoms with van der Waals surface area (Å²) >= 11 is 1.38. The molecule has 0 aliphatic carbocycles. The van der Waals surface area contributed by atoms with Crippen molar-refractivity contribution in [2.24, 2.45) is 0 Å². The molecule has 3 heterocycles. The maximum Gasteiger partial charge on any atom is 0.266 e. The van der Waals surface area contributed by atoms with Gasteiger partial charge in [-0.05, 0) is 56.7 Å². The number of nitrogen functional groups attached to an aromatic ring is 1. The van der Waals surface area contributed by atoms with Crippen molar-refractivity contribution in [1.29, 1.82) is 0 Å². The maximum absolute atomic E-state index is 13.1. The van der Waals surface area contributed by atoms with E-state index in [-0.39, 0.29) is 11.7 Å². The van der Waals surface area contributed by atoms with Gasteiger partial charge in [-0.3, -0.25) is 9.59 Å². The van der Waals surface area contributed by atoms with Gasteiger partial charge in [0.25, 0.3) is 5.91 Å². The Kier molecular flexibility index (Phi) is 5.00. The molecule has 1 aromatic carbocycles. The standard InChI is InChI=1S/C22H24N4O2S/c1-13-12-18-19(23)20(29-21(18)24-14(13)2)22(28)26-10-8-25(9-11-26)17-6-4-16(5-7-17)15(3)27/h4-7,12H,8-11,23H2,1-3H3. The highest BCUT2D eigenvalue weighted by atomic mass is 32.1. The lowest BCUT2D eigenvalue weighted by Gasteiger charge is -2.36. The molecule has 0 saturated carbocycles. The second kappa shape index (κ2) is 7.48. The summed E-state index contributed by atoms with van der Waals surface area (Å²) in [6.07, 6.45) is 0. The first-order valence-corrected chi connectivity index (χ1v) is 10.5. The van der Waals surface area contributed by atoms with E-state index in [1.807, 2.05) is 49.1 Å². The van der Waals surface area contributed by atoms with Gasteiger partial charge in [0.15, 0.2) is 5.78 Å². The smallest absolute Gasteiger partial charge is 0.266 e. The summed E-state index contributed by atoms with van der Waals surface area (Å²) in [4.78, 5) is 34.6. The van der Waals surface area contributed by atoms with Gasteiger partial charge in [0, 0.05) is 48.5 Å². The van der Waals surface area contributed by atoms with Crippen LogP contribution in [0.3, 0.4) is 0 Å². The zero-order chi connectivity index (χ0) is 20.7. The van der Waals surface area contributed by atoms with Gasteiger partial charge >= 0.3 is 0 Å². The monoisotopic (exact) mass is 408 g/mol. The highest BCUT2D eigenvalue weighted by Crippen LogP contribution is 2.34. The number of amides is 1. The van der Waals surface area contributed by atoms with Gasteiger partial charge in [-0.25, -0.2) is 4.98 Å². The highest BCUT2D eigenvalue weighted by Gasteiger charge is 2.26. The van der Waals surface area contributed by atoms with E-state index in [1.54, 1.807) is 6.92 Å². The molecule has 1 amide bonds. The first-order chi connectivity index (χ1) is 13.8. The lowest BCUT2D eigenvalue weighted by molar-refractivity contribution is 0.0752. The van der Waals surface area contributed by atoms with Crippen LogP contribution in [-0.2, 0) is 0 Å². The van der Waals surface area contributed by atoms with Crippen molar-refractivity contribution in [3.05, 3.63) is 52.0 Å². The van der Waals surface area contributed by atoms with Crippen LogP contribution in [0, 0.1) is 13.8 Å². The van der Waals surface area contributed by atoms with E-state index >= 15 is 0 Å². The Morgan fingerprint density at radius 1 is 1.07 bits per heavy atom. The number of nitrogens with two attached hydrogens (primary N) is 1. The number of ketones is 1. The number of fused-ring (bicyclic) bond motifs is 1. The van der Waals surface area contributed by atoms with Crippen LogP contribution in [0.1, 0.15) is 38.2 Å². The third kappa shape index (κ3) is 3.58. The van der Waals surface area contributed by atoms with Gasteiger partial charge in [-0.15, -0.1) is 11.3 Å². The predicted molar refractivity (Wildman–Crippen MR) is 118 cm³/mol. The normalized spacial score (nSPS) is 14.4. The number of rotatable bonds is 3. The second-order valence-electron chi connectivity index (χ2n) is 7.47. The molecule has 7 heteroatoms. The van der Waals surface area contributed by atoms with E-state index in [9.17, 15) is 9.59 Å². The molecule has 0 radical (unpaired) electrons. The number of aryl methyl sites for hydroxylation is 2. The maximum atomic E-state index is 13.1. The molecule has 2 N–H and O–H groups in total. The van der Waals surface area contributed by atoms with Crippen LogP contribution < -0.4 is 10.6 Å². The molecule has 6 nitrogen and oxygen atoms in total. The SMILES string of the molecule is CC(=O)c1ccc(N2CCN(C(=O)c3sc4nc(C)c(C)cc4c3N)CC2)cc1. The number of piperazine rings is 1. The molecule has 2 aromatic heterocycles. The van der Waals surface area contributed by atoms with E-state index in [0.29, 0.717) is 29.2 Å². The van der Waals surface area contributed by atoms with Crippen molar-refractivity contribution in [3.8, 4) is 0 Å². The summed E-state index contributed by atoms with van der Waals surface area (Å²) in [6, 6.07) is 9.65. The average Bonchev–Trinajstić information content (AvgIpc) is 3.03. The summed E-state index contributed by atoms with van der Waals surface area (Å²) in [7, 11) is 0. The largest absolute Gasteiger partial charge is 0.397 e. The number of hydrogen-bond donors (Lipinski definition) is 1. The van der Waals surface area contributed by atoms with Crippen LogP contribution >= 0.6 is 11.3 Å². The topological polar surface area (TPSA) is 79.5 Å². The van der Waals surface area contributed by atoms with E-state index in [0.717, 1.165) is 40.3 Å². The third-order valence-electron chi connectivity index (χ3n) is 5.56. The number of Topliss-reactive ketones (excluding diaryl/α,β-unsaturated/α-hetero) is 1. The molecule has 1 aliphatic heterocycles. The lowest BCUT2D eigenvalue weighted by atomic mass is 10.1. The van der Waals surface area contributed by atoms with E-state index < -0.39 is 0 Å². The van der Waals surface area contributed by atoms with Crippen molar-refractivity contribution >= 4 is 44.6 Å². The van der Waals surface area contributed by atoms with E-state index in [2.05, 4.69) is 9.88 Å². The first-order valence-electron chi connectivity index (χ1n) is 9.66. The Morgan fingerprint density at radius 2 is 1.72 bits per heavy atom. The molecule has 1 aliphatic rings.